The van der Waals surface area contributed by atoms with Crippen molar-refractivity contribution in [3.8, 4) is 5.69 Å². The van der Waals surface area contributed by atoms with Crippen LogP contribution in [0.15, 0.2) is 67.0 Å². The van der Waals surface area contributed by atoms with Crippen molar-refractivity contribution in [2.24, 2.45) is 0 Å². The molecule has 3 aromatic rings. The second-order valence-electron chi connectivity index (χ2n) is 7.30. The average molecular weight is 436 g/mol. The van der Waals surface area contributed by atoms with E-state index in [1.807, 2.05) is 77.5 Å². The zero-order chi connectivity index (χ0) is 21.5. The number of carbonyl (C=O) groups is 2. The molecule has 1 aliphatic heterocycles. The van der Waals surface area contributed by atoms with Gasteiger partial charge in [0.25, 0.3) is 0 Å². The lowest BCUT2D eigenvalue weighted by Gasteiger charge is -2.26. The summed E-state index contributed by atoms with van der Waals surface area (Å²) in [6.07, 6.45) is 4.02. The number of aromatic nitrogens is 2. The molecule has 0 saturated carbocycles. The highest BCUT2D eigenvalue weighted by atomic mass is 32.2. The zero-order valence-electron chi connectivity index (χ0n) is 17.2. The third kappa shape index (κ3) is 5.88. The average Bonchev–Trinajstić information content (AvgIpc) is 3.29. The Balaban J connectivity index is 1.24. The Morgan fingerprint density at radius 2 is 1.71 bits per heavy atom. The molecular weight excluding hydrogens is 410 g/mol. The molecule has 2 aromatic carbocycles. The van der Waals surface area contributed by atoms with Gasteiger partial charge in [0.05, 0.1) is 18.3 Å². The molecule has 1 fully saturated rings. The van der Waals surface area contributed by atoms with Crippen molar-refractivity contribution in [1.29, 1.82) is 0 Å². The summed E-state index contributed by atoms with van der Waals surface area (Å²) in [6.45, 7) is 2.03. The first-order valence-electron chi connectivity index (χ1n) is 10.3. The molecule has 1 aliphatic rings. The van der Waals surface area contributed by atoms with Crippen molar-refractivity contribution in [2.75, 3.05) is 29.9 Å². The number of para-hydroxylation sites is 1. The van der Waals surface area contributed by atoms with E-state index < -0.39 is 0 Å². The van der Waals surface area contributed by atoms with Crippen molar-refractivity contribution in [3.63, 3.8) is 0 Å². The molecule has 0 radical (unpaired) electrons. The number of rotatable bonds is 6. The number of urea groups is 1. The standard InChI is InChI=1S/C23H25N5O2S/c29-22(27-10-12-31-13-11-27)14-18-6-8-20(9-7-18)26-23(30)24-15-19-16-25-28(17-19)21-4-2-1-3-5-21/h1-9,16-17H,10-15H2,(H2,24,26,30). The van der Waals surface area contributed by atoms with Gasteiger partial charge >= 0.3 is 6.03 Å². The molecule has 0 bridgehead atoms. The monoisotopic (exact) mass is 435 g/mol. The highest BCUT2D eigenvalue weighted by Crippen LogP contribution is 2.14. The lowest BCUT2D eigenvalue weighted by atomic mass is 10.1. The highest BCUT2D eigenvalue weighted by molar-refractivity contribution is 7.99. The number of nitrogens with one attached hydrogen (secondary N) is 2. The lowest BCUT2D eigenvalue weighted by molar-refractivity contribution is -0.130. The van der Waals surface area contributed by atoms with E-state index in [0.717, 1.165) is 41.4 Å². The number of hydrogen-bond donors (Lipinski definition) is 2. The maximum absolute atomic E-state index is 12.4. The van der Waals surface area contributed by atoms with Crippen LogP contribution >= 0.6 is 11.8 Å². The molecule has 31 heavy (non-hydrogen) atoms. The summed E-state index contributed by atoms with van der Waals surface area (Å²) in [6, 6.07) is 16.9. The SMILES string of the molecule is O=C(NCc1cnn(-c2ccccc2)c1)Nc1ccc(CC(=O)N2CCSCC2)cc1. The third-order valence-corrected chi connectivity index (χ3v) is 5.98. The first-order chi connectivity index (χ1) is 15.2. The van der Waals surface area contributed by atoms with Crippen molar-refractivity contribution in [3.05, 3.63) is 78.1 Å². The first kappa shape index (κ1) is 21.0. The molecule has 0 atom stereocenters. The third-order valence-electron chi connectivity index (χ3n) is 5.04. The minimum absolute atomic E-state index is 0.162. The van der Waals surface area contributed by atoms with E-state index in [-0.39, 0.29) is 11.9 Å². The number of hydrogen-bond acceptors (Lipinski definition) is 4. The number of amides is 3. The van der Waals surface area contributed by atoms with E-state index >= 15 is 0 Å². The predicted molar refractivity (Wildman–Crippen MR) is 123 cm³/mol. The summed E-state index contributed by atoms with van der Waals surface area (Å²) >= 11 is 1.89. The maximum atomic E-state index is 12.4. The van der Waals surface area contributed by atoms with Crippen LogP contribution in [0.3, 0.4) is 0 Å². The molecule has 2 N–H and O–H groups in total. The van der Waals surface area contributed by atoms with E-state index in [1.165, 1.54) is 0 Å². The fourth-order valence-corrected chi connectivity index (χ4v) is 4.24. The Morgan fingerprint density at radius 1 is 0.968 bits per heavy atom. The van der Waals surface area contributed by atoms with Crippen LogP contribution in [0.1, 0.15) is 11.1 Å². The van der Waals surface area contributed by atoms with Crippen LogP contribution in [0.4, 0.5) is 10.5 Å². The van der Waals surface area contributed by atoms with Crippen LogP contribution in [-0.4, -0.2) is 51.2 Å². The molecular formula is C23H25N5O2S. The summed E-state index contributed by atoms with van der Waals surface area (Å²) in [5.74, 6) is 2.18. The van der Waals surface area contributed by atoms with Crippen molar-refractivity contribution in [1.82, 2.24) is 20.0 Å². The van der Waals surface area contributed by atoms with Gasteiger partial charge in [-0.25, -0.2) is 9.48 Å². The molecule has 1 saturated heterocycles. The Hall–Kier alpha value is -3.26. The summed E-state index contributed by atoms with van der Waals surface area (Å²) < 4.78 is 1.78. The summed E-state index contributed by atoms with van der Waals surface area (Å²) in [5.41, 5.74) is 3.51. The van der Waals surface area contributed by atoms with Gasteiger partial charge in [0.1, 0.15) is 0 Å². The molecule has 3 amide bonds. The van der Waals surface area contributed by atoms with Gasteiger partial charge in [0.15, 0.2) is 0 Å². The van der Waals surface area contributed by atoms with Crippen LogP contribution in [0.2, 0.25) is 0 Å². The number of thioether (sulfide) groups is 1. The molecule has 0 spiro atoms. The fraction of sp³-hybridized carbons (Fsp3) is 0.261. The largest absolute Gasteiger partial charge is 0.341 e. The fourth-order valence-electron chi connectivity index (χ4n) is 3.34. The molecule has 0 unspecified atom stereocenters. The normalized spacial score (nSPS) is 13.6. The topological polar surface area (TPSA) is 79.3 Å². The Labute approximate surface area is 185 Å². The molecule has 4 rings (SSSR count). The Morgan fingerprint density at radius 3 is 2.45 bits per heavy atom. The zero-order valence-corrected chi connectivity index (χ0v) is 18.0. The van der Waals surface area contributed by atoms with Gasteiger partial charge in [-0.15, -0.1) is 0 Å². The Bertz CT molecular complexity index is 1010. The molecule has 2 heterocycles. The van der Waals surface area contributed by atoms with Crippen molar-refractivity contribution >= 4 is 29.4 Å². The Kier molecular flexibility index (Phi) is 6.89. The van der Waals surface area contributed by atoms with Crippen LogP contribution in [0.5, 0.6) is 0 Å². The summed E-state index contributed by atoms with van der Waals surface area (Å²) in [4.78, 5) is 26.5. The number of anilines is 1. The van der Waals surface area contributed by atoms with E-state index in [9.17, 15) is 9.59 Å². The maximum Gasteiger partial charge on any atom is 0.319 e. The van der Waals surface area contributed by atoms with Gasteiger partial charge in [0.2, 0.25) is 5.91 Å². The van der Waals surface area contributed by atoms with Gasteiger partial charge in [-0.3, -0.25) is 4.79 Å². The molecule has 7 nitrogen and oxygen atoms in total. The molecule has 160 valence electrons. The minimum Gasteiger partial charge on any atom is -0.341 e. The van der Waals surface area contributed by atoms with E-state index in [1.54, 1.807) is 10.9 Å². The van der Waals surface area contributed by atoms with Gasteiger partial charge in [0, 0.05) is 48.6 Å². The quantitative estimate of drug-likeness (QED) is 0.623. The van der Waals surface area contributed by atoms with E-state index in [2.05, 4.69) is 15.7 Å². The van der Waals surface area contributed by atoms with Gasteiger partial charge < -0.3 is 15.5 Å². The van der Waals surface area contributed by atoms with Crippen LogP contribution in [-0.2, 0) is 17.8 Å². The van der Waals surface area contributed by atoms with Gasteiger partial charge in [-0.1, -0.05) is 30.3 Å². The lowest BCUT2D eigenvalue weighted by Crippen LogP contribution is -2.38. The van der Waals surface area contributed by atoms with Crippen LogP contribution in [0.25, 0.3) is 5.69 Å². The highest BCUT2D eigenvalue weighted by Gasteiger charge is 2.16. The first-order valence-corrected chi connectivity index (χ1v) is 11.4. The van der Waals surface area contributed by atoms with E-state index in [4.69, 9.17) is 0 Å². The molecule has 8 heteroatoms. The van der Waals surface area contributed by atoms with Crippen LogP contribution in [0, 0.1) is 0 Å². The second kappa shape index (κ2) is 10.2. The number of carbonyl (C=O) groups excluding carboxylic acids is 2. The smallest absolute Gasteiger partial charge is 0.319 e. The molecule has 1 aromatic heterocycles. The summed E-state index contributed by atoms with van der Waals surface area (Å²) in [7, 11) is 0. The summed E-state index contributed by atoms with van der Waals surface area (Å²) in [5, 5.41) is 9.98. The second-order valence-corrected chi connectivity index (χ2v) is 8.53. The van der Waals surface area contributed by atoms with Gasteiger partial charge in [-0.05, 0) is 29.8 Å². The minimum atomic E-state index is -0.290. The van der Waals surface area contributed by atoms with Crippen molar-refractivity contribution < 1.29 is 9.59 Å². The predicted octanol–water partition coefficient (Wildman–Crippen LogP) is 3.31. The van der Waals surface area contributed by atoms with Crippen molar-refractivity contribution in [2.45, 2.75) is 13.0 Å². The molecule has 0 aliphatic carbocycles. The van der Waals surface area contributed by atoms with Crippen LogP contribution < -0.4 is 10.6 Å². The number of nitrogens with zero attached hydrogens (tertiary/aromatic N) is 3. The number of benzene rings is 2. The van der Waals surface area contributed by atoms with E-state index in [0.29, 0.717) is 18.7 Å². The van der Waals surface area contributed by atoms with Gasteiger partial charge in [-0.2, -0.15) is 16.9 Å².